The lowest BCUT2D eigenvalue weighted by Crippen LogP contribution is -2.25. The Morgan fingerprint density at radius 3 is 2.64 bits per heavy atom. The molecule has 0 aromatic carbocycles. The minimum Gasteiger partial charge on any atom is -0.357 e. The molecule has 1 heterocycles. The highest BCUT2D eigenvalue weighted by Crippen LogP contribution is 2.28. The summed E-state index contributed by atoms with van der Waals surface area (Å²) in [5, 5.41) is 4.73. The van der Waals surface area contributed by atoms with E-state index in [2.05, 4.69) is 31.1 Å². The number of rotatable bonds is 3. The smallest absolute Gasteiger partial charge is 0.184 e. The van der Waals surface area contributed by atoms with E-state index in [1.54, 1.807) is 11.3 Å². The van der Waals surface area contributed by atoms with Gasteiger partial charge in [0, 0.05) is 10.4 Å². The monoisotopic (exact) mass is 233 g/mol. The number of hydrogen-bond acceptors (Lipinski definition) is 4. The van der Waals surface area contributed by atoms with Crippen LogP contribution in [0.2, 0.25) is 5.15 Å². The predicted octanol–water partition coefficient (Wildman–Crippen LogP) is 2.51. The number of thiazole rings is 1. The van der Waals surface area contributed by atoms with Crippen LogP contribution in [0.25, 0.3) is 0 Å². The van der Waals surface area contributed by atoms with Crippen LogP contribution in [-0.2, 0) is 6.42 Å². The fourth-order valence-electron chi connectivity index (χ4n) is 0.993. The molecular formula is C9H16ClN3S. The molecule has 0 spiro atoms. The van der Waals surface area contributed by atoms with E-state index in [4.69, 9.17) is 17.3 Å². The maximum Gasteiger partial charge on any atom is 0.184 e. The molecule has 3 nitrogen and oxygen atoms in total. The molecule has 0 aliphatic rings. The van der Waals surface area contributed by atoms with Crippen LogP contribution in [0.15, 0.2) is 0 Å². The van der Waals surface area contributed by atoms with Gasteiger partial charge in [0.05, 0.1) is 0 Å². The summed E-state index contributed by atoms with van der Waals surface area (Å²) in [6, 6.07) is 0. The van der Waals surface area contributed by atoms with E-state index in [1.165, 1.54) is 0 Å². The van der Waals surface area contributed by atoms with Crippen molar-refractivity contribution in [2.45, 2.75) is 32.7 Å². The maximum atomic E-state index is 5.96. The first-order valence-electron chi connectivity index (χ1n) is 4.56. The summed E-state index contributed by atoms with van der Waals surface area (Å²) in [7, 11) is 0. The van der Waals surface area contributed by atoms with Crippen LogP contribution in [0.1, 0.15) is 25.6 Å². The molecule has 0 unspecified atom stereocenters. The van der Waals surface area contributed by atoms with Crippen molar-refractivity contribution in [3.63, 3.8) is 0 Å². The number of nitrogens with two attached hydrogens (primary N) is 1. The second-order valence-corrected chi connectivity index (χ2v) is 5.59. The number of hydrogen-bond donors (Lipinski definition) is 2. The quantitative estimate of drug-likeness (QED) is 0.844. The van der Waals surface area contributed by atoms with Gasteiger partial charge in [0.2, 0.25) is 0 Å². The lowest BCUT2D eigenvalue weighted by molar-refractivity contribution is 0.633. The molecule has 5 heteroatoms. The fraction of sp³-hybridized carbons (Fsp3) is 0.667. The van der Waals surface area contributed by atoms with Crippen LogP contribution >= 0.6 is 22.9 Å². The molecule has 0 atom stereocenters. The van der Waals surface area contributed by atoms with Crippen LogP contribution < -0.4 is 11.1 Å². The average Bonchev–Trinajstić information content (AvgIpc) is 2.28. The Morgan fingerprint density at radius 2 is 2.14 bits per heavy atom. The first-order valence-corrected chi connectivity index (χ1v) is 5.75. The number of anilines is 1. The van der Waals surface area contributed by atoms with E-state index in [-0.39, 0.29) is 5.54 Å². The zero-order valence-electron chi connectivity index (χ0n) is 8.72. The number of halogens is 1. The summed E-state index contributed by atoms with van der Waals surface area (Å²) >= 11 is 7.53. The van der Waals surface area contributed by atoms with E-state index < -0.39 is 0 Å². The van der Waals surface area contributed by atoms with Crippen molar-refractivity contribution in [2.24, 2.45) is 5.73 Å². The number of nitrogens with one attached hydrogen (secondary N) is 1. The topological polar surface area (TPSA) is 50.9 Å². The van der Waals surface area contributed by atoms with Gasteiger partial charge in [-0.15, -0.1) is 11.3 Å². The molecule has 1 rings (SSSR count). The summed E-state index contributed by atoms with van der Waals surface area (Å²) in [5.74, 6) is 0. The Hall–Kier alpha value is -0.320. The molecule has 80 valence electrons. The number of nitrogens with zero attached hydrogens (tertiary/aromatic N) is 1. The Bertz CT molecular complexity index is 303. The van der Waals surface area contributed by atoms with Crippen molar-refractivity contribution in [1.29, 1.82) is 0 Å². The molecule has 0 bridgehead atoms. The van der Waals surface area contributed by atoms with Crippen LogP contribution in [0, 0.1) is 0 Å². The molecular weight excluding hydrogens is 218 g/mol. The summed E-state index contributed by atoms with van der Waals surface area (Å²) < 4.78 is 0. The molecule has 1 aromatic heterocycles. The predicted molar refractivity (Wildman–Crippen MR) is 63.3 cm³/mol. The van der Waals surface area contributed by atoms with Crippen LogP contribution in [-0.4, -0.2) is 17.1 Å². The molecule has 1 aromatic rings. The van der Waals surface area contributed by atoms with Gasteiger partial charge in [0.15, 0.2) is 5.13 Å². The summed E-state index contributed by atoms with van der Waals surface area (Å²) in [6.45, 7) is 6.87. The zero-order valence-corrected chi connectivity index (χ0v) is 10.3. The van der Waals surface area contributed by atoms with Gasteiger partial charge in [-0.3, -0.25) is 0 Å². The highest BCUT2D eigenvalue weighted by molar-refractivity contribution is 7.16. The van der Waals surface area contributed by atoms with Crippen molar-refractivity contribution >= 4 is 28.1 Å². The van der Waals surface area contributed by atoms with Crippen molar-refractivity contribution < 1.29 is 0 Å². The molecule has 0 saturated heterocycles. The van der Waals surface area contributed by atoms with Gasteiger partial charge in [-0.05, 0) is 33.7 Å². The lowest BCUT2D eigenvalue weighted by Gasteiger charge is -2.19. The normalized spacial score (nSPS) is 11.8. The molecule has 0 saturated carbocycles. The standard InChI is InChI=1S/C9H16ClN3S/c1-9(2,3)13-8-12-7(10)6(14-8)4-5-11/h4-5,11H2,1-3H3,(H,12,13). The second-order valence-electron chi connectivity index (χ2n) is 4.15. The molecule has 3 N–H and O–H groups in total. The molecule has 0 aliphatic heterocycles. The van der Waals surface area contributed by atoms with Gasteiger partial charge in [-0.2, -0.15) is 0 Å². The van der Waals surface area contributed by atoms with Crippen LogP contribution in [0.5, 0.6) is 0 Å². The Balaban J connectivity index is 2.75. The SMILES string of the molecule is CC(C)(C)Nc1nc(Cl)c(CCN)s1. The van der Waals surface area contributed by atoms with Gasteiger partial charge < -0.3 is 11.1 Å². The van der Waals surface area contributed by atoms with E-state index in [0.717, 1.165) is 16.4 Å². The van der Waals surface area contributed by atoms with Gasteiger partial charge >= 0.3 is 0 Å². The Morgan fingerprint density at radius 1 is 1.50 bits per heavy atom. The van der Waals surface area contributed by atoms with Gasteiger partial charge in [-0.25, -0.2) is 4.98 Å². The highest BCUT2D eigenvalue weighted by atomic mass is 35.5. The van der Waals surface area contributed by atoms with Crippen molar-refractivity contribution in [1.82, 2.24) is 4.98 Å². The first kappa shape index (κ1) is 11.8. The minimum atomic E-state index is 0.0150. The molecule has 0 aliphatic carbocycles. The van der Waals surface area contributed by atoms with Crippen LogP contribution in [0.3, 0.4) is 0 Å². The van der Waals surface area contributed by atoms with Crippen molar-refractivity contribution in [2.75, 3.05) is 11.9 Å². The van der Waals surface area contributed by atoms with Gasteiger partial charge in [-0.1, -0.05) is 11.6 Å². The van der Waals surface area contributed by atoms with Crippen molar-refractivity contribution in [3.05, 3.63) is 10.0 Å². The largest absolute Gasteiger partial charge is 0.357 e. The second kappa shape index (κ2) is 4.47. The summed E-state index contributed by atoms with van der Waals surface area (Å²) in [4.78, 5) is 5.29. The molecule has 0 radical (unpaired) electrons. The third-order valence-corrected chi connectivity index (χ3v) is 2.96. The summed E-state index contributed by atoms with van der Waals surface area (Å²) in [5.41, 5.74) is 5.48. The van der Waals surface area contributed by atoms with Crippen LogP contribution in [0.4, 0.5) is 5.13 Å². The Labute approximate surface area is 93.7 Å². The summed E-state index contributed by atoms with van der Waals surface area (Å²) in [6.07, 6.45) is 0.794. The van der Waals surface area contributed by atoms with Gasteiger partial charge in [0.25, 0.3) is 0 Å². The van der Waals surface area contributed by atoms with E-state index in [9.17, 15) is 0 Å². The molecule has 0 fully saturated rings. The molecule has 0 amide bonds. The maximum absolute atomic E-state index is 5.96. The molecule has 14 heavy (non-hydrogen) atoms. The third kappa shape index (κ3) is 3.44. The third-order valence-electron chi connectivity index (χ3n) is 1.50. The van der Waals surface area contributed by atoms with Crippen molar-refractivity contribution in [3.8, 4) is 0 Å². The number of aromatic nitrogens is 1. The highest BCUT2D eigenvalue weighted by Gasteiger charge is 2.14. The van der Waals surface area contributed by atoms with E-state index in [0.29, 0.717) is 11.7 Å². The lowest BCUT2D eigenvalue weighted by atomic mass is 10.1. The Kier molecular flexibility index (Phi) is 3.75. The zero-order chi connectivity index (χ0) is 10.8. The van der Waals surface area contributed by atoms with E-state index >= 15 is 0 Å². The fourth-order valence-corrected chi connectivity index (χ4v) is 2.41. The average molecular weight is 234 g/mol. The minimum absolute atomic E-state index is 0.0150. The van der Waals surface area contributed by atoms with Gasteiger partial charge in [0.1, 0.15) is 5.15 Å². The first-order chi connectivity index (χ1) is 6.42. The van der Waals surface area contributed by atoms with E-state index in [1.807, 2.05) is 0 Å².